The molecule has 10 heteroatoms. The van der Waals surface area contributed by atoms with Gasteiger partial charge in [-0.3, -0.25) is 4.79 Å². The van der Waals surface area contributed by atoms with Gasteiger partial charge in [0.1, 0.15) is 12.2 Å². The Morgan fingerprint density at radius 1 is 0.944 bits per heavy atom. The average molecular weight is 490 g/mol. The van der Waals surface area contributed by atoms with Crippen LogP contribution in [0.4, 0.5) is 11.6 Å². The van der Waals surface area contributed by atoms with E-state index < -0.39 is 0 Å². The highest BCUT2D eigenvalue weighted by Crippen LogP contribution is 2.33. The van der Waals surface area contributed by atoms with E-state index in [0.717, 1.165) is 16.9 Å². The molecule has 2 N–H and O–H groups in total. The zero-order chi connectivity index (χ0) is 24.6. The molecule has 2 fully saturated rings. The molecule has 0 spiro atoms. The second kappa shape index (κ2) is 9.29. The fraction of sp³-hybridized carbons (Fsp3) is 0.346. The van der Waals surface area contributed by atoms with E-state index in [9.17, 15) is 4.79 Å². The van der Waals surface area contributed by atoms with E-state index in [1.807, 2.05) is 32.3 Å². The monoisotopic (exact) mass is 489 g/mol. The van der Waals surface area contributed by atoms with Gasteiger partial charge in [-0.15, -0.1) is 0 Å². The van der Waals surface area contributed by atoms with Crippen molar-refractivity contribution in [1.82, 2.24) is 15.3 Å². The standard InChI is InChI=1S/C26H27N5O5/c1-31(2)17-6-3-15(4-7-17)18-9-10-27-26(29-18)30-20-13-34-23-19(12-33-24(20)23)28-25(32)16-5-8-21-22(11-16)36-14-35-21/h3-11,19-20,23-24H,12-14H2,1-2H3,(H,28,32)(H,27,29,30)/t19-,20-,23+,24+/m0/s1. The van der Waals surface area contributed by atoms with Gasteiger partial charge in [0.25, 0.3) is 5.91 Å². The lowest BCUT2D eigenvalue weighted by molar-refractivity contribution is 0.0652. The van der Waals surface area contributed by atoms with Gasteiger partial charge in [0.15, 0.2) is 11.5 Å². The van der Waals surface area contributed by atoms with Gasteiger partial charge in [-0.2, -0.15) is 0 Å². The van der Waals surface area contributed by atoms with Crippen LogP contribution in [-0.2, 0) is 9.47 Å². The van der Waals surface area contributed by atoms with Crippen LogP contribution in [-0.4, -0.2) is 74.3 Å². The lowest BCUT2D eigenvalue weighted by Gasteiger charge is -2.18. The molecule has 1 aromatic heterocycles. The summed E-state index contributed by atoms with van der Waals surface area (Å²) in [6.07, 6.45) is 1.25. The zero-order valence-corrected chi connectivity index (χ0v) is 20.0. The Labute approximate surface area is 208 Å². The van der Waals surface area contributed by atoms with Crippen LogP contribution in [0.3, 0.4) is 0 Å². The third-order valence-corrected chi connectivity index (χ3v) is 6.65. The Bertz CT molecular complexity index is 1270. The molecule has 0 unspecified atom stereocenters. The molecular formula is C26H27N5O5. The van der Waals surface area contributed by atoms with Crippen LogP contribution in [0.25, 0.3) is 11.3 Å². The maximum absolute atomic E-state index is 12.8. The molecule has 3 aliphatic rings. The second-order valence-corrected chi connectivity index (χ2v) is 9.20. The van der Waals surface area contributed by atoms with Gasteiger partial charge in [-0.05, 0) is 36.4 Å². The highest BCUT2D eigenvalue weighted by atomic mass is 16.7. The minimum absolute atomic E-state index is 0.131. The van der Waals surface area contributed by atoms with Gasteiger partial charge in [0, 0.05) is 37.1 Å². The number of fused-ring (bicyclic) bond motifs is 2. The summed E-state index contributed by atoms with van der Waals surface area (Å²) in [5, 5.41) is 6.40. The highest BCUT2D eigenvalue weighted by Gasteiger charge is 2.48. The number of benzene rings is 2. The van der Waals surface area contributed by atoms with Crippen LogP contribution in [0.15, 0.2) is 54.7 Å². The van der Waals surface area contributed by atoms with Crippen LogP contribution < -0.4 is 25.0 Å². The highest BCUT2D eigenvalue weighted by molar-refractivity contribution is 5.95. The van der Waals surface area contributed by atoms with E-state index in [2.05, 4.69) is 32.7 Å². The van der Waals surface area contributed by atoms with Crippen molar-refractivity contribution < 1.29 is 23.7 Å². The van der Waals surface area contributed by atoms with E-state index >= 15 is 0 Å². The first-order valence-corrected chi connectivity index (χ1v) is 11.9. The summed E-state index contributed by atoms with van der Waals surface area (Å²) >= 11 is 0. The zero-order valence-electron chi connectivity index (χ0n) is 20.0. The van der Waals surface area contributed by atoms with E-state index in [1.54, 1.807) is 24.4 Å². The molecule has 6 rings (SSSR count). The molecule has 2 aromatic carbocycles. The van der Waals surface area contributed by atoms with E-state index in [1.165, 1.54) is 0 Å². The minimum atomic E-state index is -0.262. The lowest BCUT2D eigenvalue weighted by atomic mass is 10.1. The fourth-order valence-electron chi connectivity index (χ4n) is 4.72. The van der Waals surface area contributed by atoms with Crippen molar-refractivity contribution in [2.75, 3.05) is 44.3 Å². The van der Waals surface area contributed by atoms with Crippen molar-refractivity contribution in [3.8, 4) is 22.8 Å². The van der Waals surface area contributed by atoms with Gasteiger partial charge in [-0.25, -0.2) is 9.97 Å². The van der Waals surface area contributed by atoms with E-state index in [-0.39, 0.29) is 37.0 Å². The van der Waals surface area contributed by atoms with Crippen molar-refractivity contribution in [3.63, 3.8) is 0 Å². The Kier molecular flexibility index (Phi) is 5.82. The summed E-state index contributed by atoms with van der Waals surface area (Å²) in [5.74, 6) is 1.51. The SMILES string of the molecule is CN(C)c1ccc(-c2ccnc(N[C@H]3CO[C@H]4[C@@H]3OC[C@@H]4NC(=O)c3ccc4c(c3)OCO4)n2)cc1. The smallest absolute Gasteiger partial charge is 0.251 e. The number of carbonyl (C=O) groups excluding carboxylic acids is 1. The number of hydrogen-bond acceptors (Lipinski definition) is 9. The first-order valence-electron chi connectivity index (χ1n) is 11.9. The number of ether oxygens (including phenoxy) is 4. The molecular weight excluding hydrogens is 462 g/mol. The van der Waals surface area contributed by atoms with Gasteiger partial charge in [0.2, 0.25) is 12.7 Å². The number of nitrogens with one attached hydrogen (secondary N) is 2. The molecule has 1 amide bonds. The average Bonchev–Trinajstić information content (AvgIpc) is 3.62. The number of aromatic nitrogens is 2. The minimum Gasteiger partial charge on any atom is -0.454 e. The molecule has 0 radical (unpaired) electrons. The van der Waals surface area contributed by atoms with E-state index in [4.69, 9.17) is 23.9 Å². The molecule has 10 nitrogen and oxygen atoms in total. The Morgan fingerprint density at radius 2 is 1.69 bits per heavy atom. The fourth-order valence-corrected chi connectivity index (χ4v) is 4.72. The maximum atomic E-state index is 12.8. The summed E-state index contributed by atoms with van der Waals surface area (Å²) in [5.41, 5.74) is 3.46. The molecule has 0 saturated carbocycles. The van der Waals surface area contributed by atoms with Crippen LogP contribution in [0.1, 0.15) is 10.4 Å². The summed E-state index contributed by atoms with van der Waals surface area (Å²) < 4.78 is 22.8. The van der Waals surface area contributed by atoms with Crippen molar-refractivity contribution in [2.24, 2.45) is 0 Å². The van der Waals surface area contributed by atoms with E-state index in [0.29, 0.717) is 36.2 Å². The summed E-state index contributed by atoms with van der Waals surface area (Å²) in [6.45, 7) is 0.956. The van der Waals surface area contributed by atoms with Gasteiger partial charge >= 0.3 is 0 Å². The summed E-state index contributed by atoms with van der Waals surface area (Å²) in [4.78, 5) is 24.0. The molecule has 36 heavy (non-hydrogen) atoms. The third-order valence-electron chi connectivity index (χ3n) is 6.65. The lowest BCUT2D eigenvalue weighted by Crippen LogP contribution is -2.44. The molecule has 2 saturated heterocycles. The first kappa shape index (κ1) is 22.6. The second-order valence-electron chi connectivity index (χ2n) is 9.20. The van der Waals surface area contributed by atoms with Gasteiger partial charge in [-0.1, -0.05) is 12.1 Å². The Hall–Kier alpha value is -3.89. The van der Waals surface area contributed by atoms with Crippen LogP contribution in [0, 0.1) is 0 Å². The first-order chi connectivity index (χ1) is 17.5. The largest absolute Gasteiger partial charge is 0.454 e. The number of anilines is 2. The molecule has 3 aliphatic heterocycles. The predicted molar refractivity (Wildman–Crippen MR) is 133 cm³/mol. The van der Waals surface area contributed by atoms with Crippen molar-refractivity contribution >= 4 is 17.5 Å². The third kappa shape index (κ3) is 4.29. The number of nitrogens with zero attached hydrogens (tertiary/aromatic N) is 3. The van der Waals surface area contributed by atoms with Crippen LogP contribution in [0.5, 0.6) is 11.5 Å². The van der Waals surface area contributed by atoms with Crippen molar-refractivity contribution in [1.29, 1.82) is 0 Å². The van der Waals surface area contributed by atoms with Crippen molar-refractivity contribution in [3.05, 3.63) is 60.3 Å². The summed E-state index contributed by atoms with van der Waals surface area (Å²) in [7, 11) is 4.02. The van der Waals surface area contributed by atoms with Gasteiger partial charge < -0.3 is 34.5 Å². The normalized spacial score (nSPS) is 23.8. The molecule has 0 aliphatic carbocycles. The molecule has 3 aromatic rings. The number of carbonyl (C=O) groups is 1. The number of hydrogen-bond donors (Lipinski definition) is 2. The Morgan fingerprint density at radius 3 is 2.50 bits per heavy atom. The Balaban J connectivity index is 1.10. The topological polar surface area (TPSA) is 107 Å². The van der Waals surface area contributed by atoms with Gasteiger partial charge in [0.05, 0.1) is 31.0 Å². The molecule has 4 atom stereocenters. The number of rotatable bonds is 6. The predicted octanol–water partition coefficient (Wildman–Crippen LogP) is 2.31. The quantitative estimate of drug-likeness (QED) is 0.539. The molecule has 0 bridgehead atoms. The van der Waals surface area contributed by atoms with Crippen LogP contribution in [0.2, 0.25) is 0 Å². The molecule has 4 heterocycles. The molecule has 186 valence electrons. The maximum Gasteiger partial charge on any atom is 0.251 e. The number of amides is 1. The van der Waals surface area contributed by atoms with Crippen molar-refractivity contribution in [2.45, 2.75) is 24.3 Å². The summed E-state index contributed by atoms with van der Waals surface area (Å²) in [6, 6.07) is 14.8. The van der Waals surface area contributed by atoms with Crippen LogP contribution >= 0.6 is 0 Å².